The summed E-state index contributed by atoms with van der Waals surface area (Å²) in [6.07, 6.45) is 5.39. The van der Waals surface area contributed by atoms with Crippen molar-refractivity contribution in [1.29, 1.82) is 0 Å². The highest BCUT2D eigenvalue weighted by molar-refractivity contribution is 7.14. The summed E-state index contributed by atoms with van der Waals surface area (Å²) in [6.45, 7) is 4.34. The van der Waals surface area contributed by atoms with Crippen LogP contribution in [0.4, 0.5) is 0 Å². The van der Waals surface area contributed by atoms with Crippen LogP contribution in [0.5, 0.6) is 0 Å². The van der Waals surface area contributed by atoms with E-state index in [4.69, 9.17) is 0 Å². The number of thiophene rings is 1. The van der Waals surface area contributed by atoms with Gasteiger partial charge in [0.15, 0.2) is 5.78 Å². The number of hydrogen-bond acceptors (Lipinski definition) is 2. The van der Waals surface area contributed by atoms with Crippen molar-refractivity contribution in [2.75, 3.05) is 0 Å². The van der Waals surface area contributed by atoms with E-state index in [1.807, 2.05) is 0 Å². The van der Waals surface area contributed by atoms with E-state index >= 15 is 0 Å². The van der Waals surface area contributed by atoms with Crippen molar-refractivity contribution in [1.82, 2.24) is 0 Å². The summed E-state index contributed by atoms with van der Waals surface area (Å²) >= 11 is 1.73. The molecule has 0 atom stereocenters. The minimum absolute atomic E-state index is 0.350. The van der Waals surface area contributed by atoms with Gasteiger partial charge in [-0.1, -0.05) is 13.8 Å². The van der Waals surface area contributed by atoms with Crippen LogP contribution in [0.3, 0.4) is 0 Å². The largest absolute Gasteiger partial charge is 0.293 e. The summed E-state index contributed by atoms with van der Waals surface area (Å²) in [5, 5.41) is 0. The van der Waals surface area contributed by atoms with E-state index in [2.05, 4.69) is 19.9 Å². The van der Waals surface area contributed by atoms with Crippen LogP contribution < -0.4 is 0 Å². The molecular weight excluding hydrogens is 204 g/mol. The van der Waals surface area contributed by atoms with E-state index in [-0.39, 0.29) is 0 Å². The predicted molar refractivity (Wildman–Crippen MR) is 64.7 cm³/mol. The SMILES string of the molecule is CC(C)CCC(=O)c1cc2c(s1)CCC2. The first-order valence-electron chi connectivity index (χ1n) is 5.81. The lowest BCUT2D eigenvalue weighted by Gasteiger charge is -2.01. The molecule has 0 radical (unpaired) electrons. The zero-order valence-corrected chi connectivity index (χ0v) is 10.3. The van der Waals surface area contributed by atoms with Gasteiger partial charge in [-0.2, -0.15) is 0 Å². The maximum absolute atomic E-state index is 11.9. The summed E-state index contributed by atoms with van der Waals surface area (Å²) in [5.74, 6) is 0.976. The first kappa shape index (κ1) is 10.9. The lowest BCUT2D eigenvalue weighted by atomic mass is 10.0. The monoisotopic (exact) mass is 222 g/mol. The molecule has 0 spiro atoms. The minimum atomic E-state index is 0.350. The van der Waals surface area contributed by atoms with Gasteiger partial charge in [0.05, 0.1) is 4.88 Å². The Morgan fingerprint density at radius 3 is 2.93 bits per heavy atom. The van der Waals surface area contributed by atoms with Gasteiger partial charge in [-0.3, -0.25) is 4.79 Å². The molecule has 1 nitrogen and oxygen atoms in total. The molecule has 1 aromatic heterocycles. The Hall–Kier alpha value is -0.630. The number of fused-ring (bicyclic) bond motifs is 1. The van der Waals surface area contributed by atoms with Gasteiger partial charge >= 0.3 is 0 Å². The van der Waals surface area contributed by atoms with Crippen molar-refractivity contribution < 1.29 is 4.79 Å². The Kier molecular flexibility index (Phi) is 3.25. The van der Waals surface area contributed by atoms with Crippen LogP contribution in [-0.4, -0.2) is 5.78 Å². The number of hydrogen-bond donors (Lipinski definition) is 0. The molecule has 0 aromatic carbocycles. The van der Waals surface area contributed by atoms with Crippen LogP contribution in [0.1, 0.15) is 53.2 Å². The highest BCUT2D eigenvalue weighted by Gasteiger charge is 2.18. The Morgan fingerprint density at radius 1 is 1.47 bits per heavy atom. The number of ketones is 1. The second-order valence-corrected chi connectivity index (χ2v) is 5.91. The molecule has 0 saturated heterocycles. The first-order valence-corrected chi connectivity index (χ1v) is 6.63. The topological polar surface area (TPSA) is 17.1 Å². The number of rotatable bonds is 4. The van der Waals surface area contributed by atoms with Gasteiger partial charge in [0.1, 0.15) is 0 Å². The smallest absolute Gasteiger partial charge is 0.172 e. The van der Waals surface area contributed by atoms with Crippen molar-refractivity contribution in [3.05, 3.63) is 21.4 Å². The molecule has 2 heteroatoms. The predicted octanol–water partition coefficient (Wildman–Crippen LogP) is 3.86. The van der Waals surface area contributed by atoms with Crippen molar-refractivity contribution in [2.45, 2.75) is 46.0 Å². The van der Waals surface area contributed by atoms with Gasteiger partial charge < -0.3 is 0 Å². The Morgan fingerprint density at radius 2 is 2.27 bits per heavy atom. The quantitative estimate of drug-likeness (QED) is 0.707. The summed E-state index contributed by atoms with van der Waals surface area (Å²) in [5.41, 5.74) is 1.44. The average molecular weight is 222 g/mol. The Balaban J connectivity index is 2.00. The van der Waals surface area contributed by atoms with Gasteiger partial charge in [-0.05, 0) is 43.2 Å². The van der Waals surface area contributed by atoms with Gasteiger partial charge in [0.25, 0.3) is 0 Å². The first-order chi connectivity index (χ1) is 7.16. The second kappa shape index (κ2) is 4.48. The normalized spacial score (nSPS) is 14.6. The standard InChI is InChI=1S/C13H18OS/c1-9(2)6-7-11(14)13-8-10-4-3-5-12(10)15-13/h8-9H,3-7H2,1-2H3. The third kappa shape index (κ3) is 2.49. The third-order valence-electron chi connectivity index (χ3n) is 2.97. The van der Waals surface area contributed by atoms with Crippen molar-refractivity contribution in [3.63, 3.8) is 0 Å². The second-order valence-electron chi connectivity index (χ2n) is 4.77. The fourth-order valence-corrected chi connectivity index (χ4v) is 3.23. The maximum atomic E-state index is 11.9. The molecule has 0 N–H and O–H groups in total. The molecule has 1 aliphatic rings. The molecule has 0 aliphatic heterocycles. The van der Waals surface area contributed by atoms with E-state index < -0.39 is 0 Å². The highest BCUT2D eigenvalue weighted by atomic mass is 32.1. The maximum Gasteiger partial charge on any atom is 0.172 e. The Bertz CT molecular complexity index is 341. The van der Waals surface area contributed by atoms with E-state index in [1.54, 1.807) is 11.3 Å². The molecule has 0 amide bonds. The summed E-state index contributed by atoms with van der Waals surface area (Å²) in [7, 11) is 0. The minimum Gasteiger partial charge on any atom is -0.293 e. The van der Waals surface area contributed by atoms with Crippen LogP contribution in [0, 0.1) is 5.92 Å². The van der Waals surface area contributed by atoms with Crippen molar-refractivity contribution >= 4 is 17.1 Å². The molecular formula is C13H18OS. The molecule has 1 aromatic rings. The zero-order valence-electron chi connectivity index (χ0n) is 9.51. The van der Waals surface area contributed by atoms with Crippen LogP contribution in [0.25, 0.3) is 0 Å². The van der Waals surface area contributed by atoms with Crippen LogP contribution in [-0.2, 0) is 12.8 Å². The number of carbonyl (C=O) groups excluding carboxylic acids is 1. The molecule has 1 heterocycles. The number of carbonyl (C=O) groups is 1. The van der Waals surface area contributed by atoms with E-state index in [9.17, 15) is 4.79 Å². The molecule has 0 bridgehead atoms. The molecule has 2 rings (SSSR count). The third-order valence-corrected chi connectivity index (χ3v) is 4.25. The van der Waals surface area contributed by atoms with Crippen LogP contribution in [0.15, 0.2) is 6.07 Å². The van der Waals surface area contributed by atoms with Gasteiger partial charge in [-0.25, -0.2) is 0 Å². The van der Waals surface area contributed by atoms with Gasteiger partial charge in [-0.15, -0.1) is 11.3 Å². The average Bonchev–Trinajstić information content (AvgIpc) is 2.72. The highest BCUT2D eigenvalue weighted by Crippen LogP contribution is 2.31. The van der Waals surface area contributed by atoms with Gasteiger partial charge in [0.2, 0.25) is 0 Å². The number of Topliss-reactive ketones (excluding diaryl/α,β-unsaturated/α-hetero) is 1. The van der Waals surface area contributed by atoms with E-state index in [0.717, 1.165) is 17.7 Å². The molecule has 82 valence electrons. The summed E-state index contributed by atoms with van der Waals surface area (Å²) in [4.78, 5) is 14.3. The fourth-order valence-electron chi connectivity index (χ4n) is 2.01. The lowest BCUT2D eigenvalue weighted by molar-refractivity contribution is 0.0979. The molecule has 0 fully saturated rings. The lowest BCUT2D eigenvalue weighted by Crippen LogP contribution is -1.98. The van der Waals surface area contributed by atoms with Crippen molar-refractivity contribution in [3.8, 4) is 0 Å². The molecule has 1 aliphatic carbocycles. The summed E-state index contributed by atoms with van der Waals surface area (Å²) in [6, 6.07) is 2.13. The van der Waals surface area contributed by atoms with E-state index in [0.29, 0.717) is 11.7 Å². The molecule has 0 unspecified atom stereocenters. The molecule has 0 saturated carbocycles. The molecule has 15 heavy (non-hydrogen) atoms. The van der Waals surface area contributed by atoms with E-state index in [1.165, 1.54) is 29.7 Å². The Labute approximate surface area is 95.5 Å². The zero-order chi connectivity index (χ0) is 10.8. The van der Waals surface area contributed by atoms with Crippen molar-refractivity contribution in [2.24, 2.45) is 5.92 Å². The van der Waals surface area contributed by atoms with Gasteiger partial charge in [0, 0.05) is 11.3 Å². The number of aryl methyl sites for hydroxylation is 2. The summed E-state index contributed by atoms with van der Waals surface area (Å²) < 4.78 is 0. The fraction of sp³-hybridized carbons (Fsp3) is 0.615. The van der Waals surface area contributed by atoms with Crippen LogP contribution >= 0.6 is 11.3 Å². The van der Waals surface area contributed by atoms with Crippen LogP contribution in [0.2, 0.25) is 0 Å².